The van der Waals surface area contributed by atoms with Gasteiger partial charge >= 0.3 is 0 Å². The molecule has 0 saturated carbocycles. The Morgan fingerprint density at radius 3 is 2.50 bits per heavy atom. The summed E-state index contributed by atoms with van der Waals surface area (Å²) in [6.45, 7) is 6.80. The van der Waals surface area contributed by atoms with Crippen LogP contribution in [-0.2, 0) is 6.54 Å². The standard InChI is InChI=1S/C11H15BrN2O2/c1-3-13(4-2)8-9-5-6-10(12)11(7-9)14(15)16/h5-7H,3-4,8H2,1-2H3. The summed E-state index contributed by atoms with van der Waals surface area (Å²) in [5, 5.41) is 10.8. The molecule has 0 spiro atoms. The van der Waals surface area contributed by atoms with Gasteiger partial charge in [-0.25, -0.2) is 0 Å². The van der Waals surface area contributed by atoms with Crippen molar-refractivity contribution in [3.05, 3.63) is 38.3 Å². The van der Waals surface area contributed by atoms with Crippen LogP contribution in [-0.4, -0.2) is 22.9 Å². The van der Waals surface area contributed by atoms with Crippen LogP contribution in [0.15, 0.2) is 22.7 Å². The molecule has 0 aliphatic heterocycles. The minimum atomic E-state index is -0.365. The molecule has 0 amide bonds. The highest BCUT2D eigenvalue weighted by Crippen LogP contribution is 2.26. The largest absolute Gasteiger partial charge is 0.300 e. The van der Waals surface area contributed by atoms with Gasteiger partial charge in [-0.3, -0.25) is 15.0 Å². The summed E-state index contributed by atoms with van der Waals surface area (Å²) in [4.78, 5) is 12.6. The monoisotopic (exact) mass is 286 g/mol. The van der Waals surface area contributed by atoms with E-state index in [1.54, 1.807) is 12.1 Å². The normalized spacial score (nSPS) is 10.8. The number of hydrogen-bond acceptors (Lipinski definition) is 3. The van der Waals surface area contributed by atoms with Gasteiger partial charge in [-0.1, -0.05) is 19.9 Å². The van der Waals surface area contributed by atoms with Crippen molar-refractivity contribution in [2.24, 2.45) is 0 Å². The fraction of sp³-hybridized carbons (Fsp3) is 0.455. The summed E-state index contributed by atoms with van der Waals surface area (Å²) in [6.07, 6.45) is 0. The predicted octanol–water partition coefficient (Wildman–Crippen LogP) is 3.20. The van der Waals surface area contributed by atoms with Crippen LogP contribution in [0.3, 0.4) is 0 Å². The van der Waals surface area contributed by atoms with E-state index in [0.29, 0.717) is 4.47 Å². The second kappa shape index (κ2) is 5.96. The van der Waals surface area contributed by atoms with Crippen LogP contribution >= 0.6 is 15.9 Å². The Morgan fingerprint density at radius 1 is 1.38 bits per heavy atom. The van der Waals surface area contributed by atoms with E-state index in [2.05, 4.69) is 34.7 Å². The highest BCUT2D eigenvalue weighted by Gasteiger charge is 2.13. The number of nitro benzene ring substituents is 1. The molecule has 0 atom stereocenters. The number of halogens is 1. The van der Waals surface area contributed by atoms with Crippen molar-refractivity contribution in [1.82, 2.24) is 4.90 Å². The second-order valence-electron chi connectivity index (χ2n) is 3.50. The van der Waals surface area contributed by atoms with Gasteiger partial charge in [0, 0.05) is 12.6 Å². The van der Waals surface area contributed by atoms with E-state index in [4.69, 9.17) is 0 Å². The first-order valence-electron chi connectivity index (χ1n) is 5.23. The zero-order valence-corrected chi connectivity index (χ0v) is 11.0. The Hall–Kier alpha value is -0.940. The molecule has 0 aliphatic carbocycles. The third kappa shape index (κ3) is 3.28. The van der Waals surface area contributed by atoms with Crippen molar-refractivity contribution >= 4 is 21.6 Å². The van der Waals surface area contributed by atoms with E-state index in [9.17, 15) is 10.1 Å². The molecule has 0 unspecified atom stereocenters. The van der Waals surface area contributed by atoms with E-state index < -0.39 is 0 Å². The number of nitro groups is 1. The van der Waals surface area contributed by atoms with Crippen molar-refractivity contribution < 1.29 is 4.92 Å². The molecule has 0 heterocycles. The third-order valence-corrected chi connectivity index (χ3v) is 3.18. The molecular formula is C11H15BrN2O2. The van der Waals surface area contributed by atoms with E-state index in [0.717, 1.165) is 25.2 Å². The van der Waals surface area contributed by atoms with E-state index in [-0.39, 0.29) is 10.6 Å². The molecule has 0 fully saturated rings. The maximum Gasteiger partial charge on any atom is 0.283 e. The van der Waals surface area contributed by atoms with Crippen LogP contribution in [0, 0.1) is 10.1 Å². The number of benzene rings is 1. The lowest BCUT2D eigenvalue weighted by molar-refractivity contribution is -0.385. The Kier molecular flexibility index (Phi) is 4.89. The number of rotatable bonds is 5. The fourth-order valence-corrected chi connectivity index (χ4v) is 1.89. The van der Waals surface area contributed by atoms with Crippen molar-refractivity contribution in [1.29, 1.82) is 0 Å². The van der Waals surface area contributed by atoms with Crippen molar-refractivity contribution in [3.8, 4) is 0 Å². The Labute approximate surface area is 104 Å². The minimum absolute atomic E-state index is 0.129. The van der Waals surface area contributed by atoms with E-state index in [1.165, 1.54) is 0 Å². The molecule has 16 heavy (non-hydrogen) atoms. The zero-order valence-electron chi connectivity index (χ0n) is 9.44. The molecule has 0 radical (unpaired) electrons. The first-order valence-corrected chi connectivity index (χ1v) is 6.03. The van der Waals surface area contributed by atoms with Crippen LogP contribution in [0.1, 0.15) is 19.4 Å². The maximum atomic E-state index is 10.8. The van der Waals surface area contributed by atoms with Gasteiger partial charge in [-0.15, -0.1) is 0 Å². The molecular weight excluding hydrogens is 272 g/mol. The maximum absolute atomic E-state index is 10.8. The molecule has 0 aliphatic rings. The topological polar surface area (TPSA) is 46.4 Å². The molecule has 0 bridgehead atoms. The van der Waals surface area contributed by atoms with E-state index in [1.807, 2.05) is 6.07 Å². The lowest BCUT2D eigenvalue weighted by Crippen LogP contribution is -2.22. The Bertz CT molecular complexity index is 378. The molecule has 1 rings (SSSR count). The molecule has 0 N–H and O–H groups in total. The average molecular weight is 287 g/mol. The van der Waals surface area contributed by atoms with Crippen LogP contribution < -0.4 is 0 Å². The van der Waals surface area contributed by atoms with Gasteiger partial charge in [0.2, 0.25) is 0 Å². The first kappa shape index (κ1) is 13.1. The van der Waals surface area contributed by atoms with Crippen molar-refractivity contribution in [2.45, 2.75) is 20.4 Å². The summed E-state index contributed by atoms with van der Waals surface area (Å²) < 4.78 is 0.529. The van der Waals surface area contributed by atoms with Crippen LogP contribution in [0.5, 0.6) is 0 Å². The lowest BCUT2D eigenvalue weighted by Gasteiger charge is -2.17. The Morgan fingerprint density at radius 2 is 2.00 bits per heavy atom. The Balaban J connectivity index is 2.90. The third-order valence-electron chi connectivity index (χ3n) is 2.51. The van der Waals surface area contributed by atoms with Crippen molar-refractivity contribution in [3.63, 3.8) is 0 Å². The lowest BCUT2D eigenvalue weighted by atomic mass is 10.2. The van der Waals surface area contributed by atoms with Gasteiger partial charge in [-0.05, 0) is 40.6 Å². The summed E-state index contributed by atoms with van der Waals surface area (Å²) in [5.74, 6) is 0. The number of hydrogen-bond donors (Lipinski definition) is 0. The smallest absolute Gasteiger partial charge is 0.283 e. The van der Waals surface area contributed by atoms with Gasteiger partial charge in [0.05, 0.1) is 9.40 Å². The molecule has 1 aromatic carbocycles. The summed E-state index contributed by atoms with van der Waals surface area (Å²) in [6, 6.07) is 5.27. The molecule has 88 valence electrons. The number of nitrogens with zero attached hydrogens (tertiary/aromatic N) is 2. The minimum Gasteiger partial charge on any atom is -0.300 e. The molecule has 4 nitrogen and oxygen atoms in total. The predicted molar refractivity (Wildman–Crippen MR) is 67.4 cm³/mol. The van der Waals surface area contributed by atoms with Crippen molar-refractivity contribution in [2.75, 3.05) is 13.1 Å². The highest BCUT2D eigenvalue weighted by molar-refractivity contribution is 9.10. The summed E-state index contributed by atoms with van der Waals surface area (Å²) in [7, 11) is 0. The molecule has 0 aromatic heterocycles. The van der Waals surface area contributed by atoms with Crippen LogP contribution in [0.4, 0.5) is 5.69 Å². The van der Waals surface area contributed by atoms with Crippen LogP contribution in [0.25, 0.3) is 0 Å². The highest BCUT2D eigenvalue weighted by atomic mass is 79.9. The zero-order chi connectivity index (χ0) is 12.1. The molecule has 1 aromatic rings. The van der Waals surface area contributed by atoms with Gasteiger partial charge in [0.15, 0.2) is 0 Å². The van der Waals surface area contributed by atoms with Gasteiger partial charge < -0.3 is 0 Å². The molecule has 5 heteroatoms. The average Bonchev–Trinajstić information content (AvgIpc) is 2.27. The van der Waals surface area contributed by atoms with Gasteiger partial charge in [-0.2, -0.15) is 0 Å². The quantitative estimate of drug-likeness (QED) is 0.617. The van der Waals surface area contributed by atoms with Crippen LogP contribution in [0.2, 0.25) is 0 Å². The van der Waals surface area contributed by atoms with Gasteiger partial charge in [0.1, 0.15) is 0 Å². The van der Waals surface area contributed by atoms with E-state index >= 15 is 0 Å². The molecule has 0 saturated heterocycles. The second-order valence-corrected chi connectivity index (χ2v) is 4.36. The summed E-state index contributed by atoms with van der Waals surface area (Å²) >= 11 is 3.18. The van der Waals surface area contributed by atoms with Gasteiger partial charge in [0.25, 0.3) is 5.69 Å². The first-order chi connectivity index (χ1) is 7.58. The fourth-order valence-electron chi connectivity index (χ4n) is 1.50. The SMILES string of the molecule is CCN(CC)Cc1ccc(Br)c([N+](=O)[O-])c1. The summed E-state index contributed by atoms with van der Waals surface area (Å²) in [5.41, 5.74) is 1.10.